The molecule has 0 saturated heterocycles. The molecular weight excluding hydrogens is 442 g/mol. The number of benzene rings is 2. The first-order valence-electron chi connectivity index (χ1n) is 10.5. The lowest BCUT2D eigenvalue weighted by atomic mass is 10.1. The summed E-state index contributed by atoms with van der Waals surface area (Å²) in [5.41, 5.74) is 3.02. The van der Waals surface area contributed by atoms with E-state index in [9.17, 15) is 9.59 Å². The average molecular weight is 470 g/mol. The molecule has 1 aromatic heterocycles. The highest BCUT2D eigenvalue weighted by atomic mass is 35.5. The van der Waals surface area contributed by atoms with E-state index in [0.717, 1.165) is 22.5 Å². The van der Waals surface area contributed by atoms with Crippen molar-refractivity contribution in [3.8, 4) is 0 Å². The SMILES string of the molecule is CCC(C)N(Cc1cc(NC(=O)c2ccccc2Cl)ccc1N(C)C)C(=O)c1cccs1. The van der Waals surface area contributed by atoms with Crippen LogP contribution in [0.15, 0.2) is 60.0 Å². The molecule has 0 fully saturated rings. The molecule has 1 unspecified atom stereocenters. The van der Waals surface area contributed by atoms with E-state index < -0.39 is 0 Å². The zero-order chi connectivity index (χ0) is 23.3. The number of amides is 2. The summed E-state index contributed by atoms with van der Waals surface area (Å²) in [6.45, 7) is 4.57. The number of nitrogens with one attached hydrogen (secondary N) is 1. The van der Waals surface area contributed by atoms with Crippen molar-refractivity contribution in [2.75, 3.05) is 24.3 Å². The molecule has 0 radical (unpaired) electrons. The molecule has 3 rings (SSSR count). The van der Waals surface area contributed by atoms with Gasteiger partial charge < -0.3 is 15.1 Å². The van der Waals surface area contributed by atoms with Crippen molar-refractivity contribution in [1.29, 1.82) is 0 Å². The smallest absolute Gasteiger partial charge is 0.264 e. The summed E-state index contributed by atoms with van der Waals surface area (Å²) in [5, 5.41) is 5.25. The van der Waals surface area contributed by atoms with E-state index >= 15 is 0 Å². The summed E-state index contributed by atoms with van der Waals surface area (Å²) in [7, 11) is 3.94. The topological polar surface area (TPSA) is 52.7 Å². The van der Waals surface area contributed by atoms with Crippen molar-refractivity contribution < 1.29 is 9.59 Å². The molecule has 1 heterocycles. The van der Waals surface area contributed by atoms with Crippen LogP contribution in [-0.4, -0.2) is 36.9 Å². The van der Waals surface area contributed by atoms with Crippen LogP contribution in [0, 0.1) is 0 Å². The second kappa shape index (κ2) is 10.7. The van der Waals surface area contributed by atoms with Gasteiger partial charge in [0.2, 0.25) is 0 Å². The van der Waals surface area contributed by atoms with Crippen LogP contribution in [0.2, 0.25) is 5.02 Å². The van der Waals surface area contributed by atoms with Gasteiger partial charge in [-0.25, -0.2) is 0 Å². The first kappa shape index (κ1) is 23.8. The maximum absolute atomic E-state index is 13.2. The molecule has 0 spiro atoms. The van der Waals surface area contributed by atoms with Crippen LogP contribution >= 0.6 is 22.9 Å². The van der Waals surface area contributed by atoms with Gasteiger partial charge in [0.25, 0.3) is 11.8 Å². The van der Waals surface area contributed by atoms with Gasteiger partial charge in [0, 0.05) is 38.1 Å². The first-order chi connectivity index (χ1) is 15.3. The van der Waals surface area contributed by atoms with Gasteiger partial charge in [-0.2, -0.15) is 0 Å². The van der Waals surface area contributed by atoms with Crippen LogP contribution in [0.25, 0.3) is 0 Å². The second-order valence-electron chi connectivity index (χ2n) is 7.84. The van der Waals surface area contributed by atoms with Crippen LogP contribution in [-0.2, 0) is 6.54 Å². The first-order valence-corrected chi connectivity index (χ1v) is 11.8. The molecule has 0 aliphatic rings. The number of anilines is 2. The van der Waals surface area contributed by atoms with Gasteiger partial charge in [0.05, 0.1) is 15.5 Å². The number of halogens is 1. The lowest BCUT2D eigenvalue weighted by molar-refractivity contribution is 0.0676. The molecule has 0 bridgehead atoms. The Morgan fingerprint density at radius 2 is 1.84 bits per heavy atom. The van der Waals surface area contributed by atoms with Crippen molar-refractivity contribution in [3.63, 3.8) is 0 Å². The van der Waals surface area contributed by atoms with Gasteiger partial charge in [-0.15, -0.1) is 11.3 Å². The highest BCUT2D eigenvalue weighted by Crippen LogP contribution is 2.28. The van der Waals surface area contributed by atoms with Gasteiger partial charge in [-0.3, -0.25) is 9.59 Å². The Bertz CT molecular complexity index is 1080. The summed E-state index contributed by atoms with van der Waals surface area (Å²) in [5.74, 6) is -0.253. The monoisotopic (exact) mass is 469 g/mol. The van der Waals surface area contributed by atoms with Crippen LogP contribution in [0.5, 0.6) is 0 Å². The van der Waals surface area contributed by atoms with Crippen LogP contribution in [0.1, 0.15) is 45.9 Å². The fraction of sp³-hybridized carbons (Fsp3) is 0.280. The van der Waals surface area contributed by atoms with Gasteiger partial charge in [0.1, 0.15) is 0 Å². The molecular formula is C25H28ClN3O2S. The number of hydrogen-bond acceptors (Lipinski definition) is 4. The van der Waals surface area contributed by atoms with Crippen LogP contribution in [0.4, 0.5) is 11.4 Å². The fourth-order valence-corrected chi connectivity index (χ4v) is 4.34. The third kappa shape index (κ3) is 5.50. The van der Waals surface area contributed by atoms with Gasteiger partial charge in [-0.05, 0) is 60.7 Å². The number of hydrogen-bond donors (Lipinski definition) is 1. The quantitative estimate of drug-likeness (QED) is 0.429. The molecule has 2 aromatic carbocycles. The van der Waals surface area contributed by atoms with Gasteiger partial charge in [0.15, 0.2) is 0 Å². The van der Waals surface area contributed by atoms with E-state index in [1.807, 2.05) is 59.6 Å². The van der Waals surface area contributed by atoms with E-state index in [0.29, 0.717) is 22.8 Å². The number of thiophene rings is 1. The van der Waals surface area contributed by atoms with Gasteiger partial charge in [-0.1, -0.05) is 36.7 Å². The largest absolute Gasteiger partial charge is 0.377 e. The highest BCUT2D eigenvalue weighted by molar-refractivity contribution is 7.12. The third-order valence-corrected chi connectivity index (χ3v) is 6.58. The summed E-state index contributed by atoms with van der Waals surface area (Å²) in [4.78, 5) is 30.6. The Labute approximate surface area is 198 Å². The summed E-state index contributed by atoms with van der Waals surface area (Å²) in [6, 6.07) is 16.5. The Kier molecular flexibility index (Phi) is 7.94. The van der Waals surface area contributed by atoms with E-state index in [-0.39, 0.29) is 17.9 Å². The van der Waals surface area contributed by atoms with E-state index in [2.05, 4.69) is 19.2 Å². The molecule has 0 saturated carbocycles. The van der Waals surface area contributed by atoms with E-state index in [4.69, 9.17) is 11.6 Å². The van der Waals surface area contributed by atoms with Crippen molar-refractivity contribution in [2.45, 2.75) is 32.9 Å². The van der Waals surface area contributed by atoms with Crippen molar-refractivity contribution in [3.05, 3.63) is 81.0 Å². The Morgan fingerprint density at radius 3 is 2.47 bits per heavy atom. The van der Waals surface area contributed by atoms with Crippen molar-refractivity contribution in [1.82, 2.24) is 4.90 Å². The molecule has 5 nitrogen and oxygen atoms in total. The number of carbonyl (C=O) groups excluding carboxylic acids is 2. The summed E-state index contributed by atoms with van der Waals surface area (Å²) < 4.78 is 0. The molecule has 1 atom stereocenters. The predicted octanol–water partition coefficient (Wildman–Crippen LogP) is 6.16. The molecule has 32 heavy (non-hydrogen) atoms. The Balaban J connectivity index is 1.92. The Hall–Kier alpha value is -2.83. The molecule has 2 amide bonds. The normalized spacial score (nSPS) is 11.7. The Morgan fingerprint density at radius 1 is 1.09 bits per heavy atom. The molecule has 3 aromatic rings. The minimum absolute atomic E-state index is 0.0181. The van der Waals surface area contributed by atoms with E-state index in [1.54, 1.807) is 24.3 Å². The second-order valence-corrected chi connectivity index (χ2v) is 9.19. The zero-order valence-corrected chi connectivity index (χ0v) is 20.3. The lowest BCUT2D eigenvalue weighted by Gasteiger charge is -2.30. The molecule has 7 heteroatoms. The zero-order valence-electron chi connectivity index (χ0n) is 18.8. The van der Waals surface area contributed by atoms with Crippen molar-refractivity contribution in [2.24, 2.45) is 0 Å². The number of nitrogens with zero attached hydrogens (tertiary/aromatic N) is 2. The minimum atomic E-state index is -0.271. The maximum atomic E-state index is 13.2. The third-order valence-electron chi connectivity index (χ3n) is 5.39. The number of carbonyl (C=O) groups is 2. The minimum Gasteiger partial charge on any atom is -0.377 e. The van der Waals surface area contributed by atoms with Crippen molar-refractivity contribution >= 4 is 46.1 Å². The molecule has 168 valence electrons. The predicted molar refractivity (Wildman–Crippen MR) is 134 cm³/mol. The van der Waals surface area contributed by atoms with Crippen LogP contribution in [0.3, 0.4) is 0 Å². The fourth-order valence-electron chi connectivity index (χ4n) is 3.44. The molecule has 0 aliphatic carbocycles. The standard InChI is InChI=1S/C25H28ClN3O2S/c1-5-17(2)29(25(31)23-11-8-14-32-23)16-18-15-19(12-13-22(18)28(3)4)27-24(30)20-9-6-7-10-21(20)26/h6-15,17H,5,16H2,1-4H3,(H,27,30). The van der Waals surface area contributed by atoms with Gasteiger partial charge >= 0.3 is 0 Å². The molecule has 1 N–H and O–H groups in total. The molecule has 0 aliphatic heterocycles. The average Bonchev–Trinajstić information content (AvgIpc) is 3.31. The highest BCUT2D eigenvalue weighted by Gasteiger charge is 2.23. The number of rotatable bonds is 8. The maximum Gasteiger partial charge on any atom is 0.264 e. The lowest BCUT2D eigenvalue weighted by Crippen LogP contribution is -2.37. The van der Waals surface area contributed by atoms with Crippen LogP contribution < -0.4 is 10.2 Å². The summed E-state index contributed by atoms with van der Waals surface area (Å²) >= 11 is 7.62. The summed E-state index contributed by atoms with van der Waals surface area (Å²) in [6.07, 6.45) is 0.845. The van der Waals surface area contributed by atoms with E-state index in [1.165, 1.54) is 11.3 Å².